The molecule has 0 spiro atoms. The van der Waals surface area contributed by atoms with Crippen LogP contribution in [0, 0.1) is 5.92 Å². The van der Waals surface area contributed by atoms with Gasteiger partial charge in [0.2, 0.25) is 0 Å². The molecule has 19 heteroatoms. The number of likely N-dealkylation sites (N-methyl/N-ethyl adjacent to an activating group) is 1. The quantitative estimate of drug-likeness (QED) is 0.234. The molecule has 2 aliphatic rings. The number of halogens is 1. The predicted octanol–water partition coefficient (Wildman–Crippen LogP) is -0.124. The van der Waals surface area contributed by atoms with Crippen molar-refractivity contribution >= 4 is 7.82 Å². The number of phosphoric ester groups is 1. The molecule has 0 amide bonds. The number of hydrogen-bond donors (Lipinski definition) is 2. The normalized spacial score (nSPS) is 29.3. The number of ether oxygens (including phenoxy) is 4. The van der Waals surface area contributed by atoms with Crippen LogP contribution in [0.15, 0.2) is 43.7 Å². The van der Waals surface area contributed by atoms with Gasteiger partial charge in [0.15, 0.2) is 18.6 Å². The summed E-state index contributed by atoms with van der Waals surface area (Å²) in [6.45, 7) is 7.04. The number of aromatic nitrogens is 4. The van der Waals surface area contributed by atoms with Gasteiger partial charge in [0, 0.05) is 44.1 Å². The van der Waals surface area contributed by atoms with E-state index in [0.29, 0.717) is 0 Å². The molecule has 2 aromatic rings. The summed E-state index contributed by atoms with van der Waals surface area (Å²) < 4.78 is 64.6. The van der Waals surface area contributed by atoms with Crippen LogP contribution in [0.25, 0.3) is 0 Å². The minimum Gasteiger partial charge on any atom is -0.756 e. The van der Waals surface area contributed by atoms with Crippen LogP contribution in [-0.4, -0.2) is 101 Å². The number of hydrogen-bond acceptors (Lipinski definition) is 13. The number of methoxy groups -OCH3 is 1. The Balaban J connectivity index is 1.53. The number of H-pyrrole nitrogens is 2. The van der Waals surface area contributed by atoms with Crippen molar-refractivity contribution in [2.45, 2.75) is 89.4 Å². The van der Waals surface area contributed by atoms with Gasteiger partial charge in [-0.05, 0) is 47.7 Å². The summed E-state index contributed by atoms with van der Waals surface area (Å²) in [6, 6.07) is 2.21. The van der Waals surface area contributed by atoms with Crippen LogP contribution < -0.4 is 27.4 Å². The van der Waals surface area contributed by atoms with E-state index in [4.69, 9.17) is 28.0 Å². The van der Waals surface area contributed by atoms with Gasteiger partial charge < -0.3 is 37.8 Å². The lowest BCUT2D eigenvalue weighted by Gasteiger charge is -2.33. The molecule has 2 saturated heterocycles. The zero-order valence-corrected chi connectivity index (χ0v) is 27.9. The molecule has 2 aliphatic heterocycles. The van der Waals surface area contributed by atoms with Gasteiger partial charge in [-0.25, -0.2) is 14.0 Å². The van der Waals surface area contributed by atoms with Crippen molar-refractivity contribution in [1.82, 2.24) is 24.0 Å². The minimum absolute atomic E-state index is 0.0430. The average Bonchev–Trinajstić information content (AvgIpc) is 3.45. The summed E-state index contributed by atoms with van der Waals surface area (Å²) in [5.74, 6) is -0.725. The molecule has 17 nitrogen and oxygen atoms in total. The summed E-state index contributed by atoms with van der Waals surface area (Å²) >= 11 is 0. The van der Waals surface area contributed by atoms with Gasteiger partial charge in [0.1, 0.15) is 18.3 Å². The molecule has 0 aliphatic carbocycles. The average molecular weight is 691 g/mol. The van der Waals surface area contributed by atoms with Crippen molar-refractivity contribution in [3.8, 4) is 0 Å². The van der Waals surface area contributed by atoms with Crippen LogP contribution in [-0.2, 0) is 32.6 Å². The van der Waals surface area contributed by atoms with Crippen molar-refractivity contribution in [2.75, 3.05) is 33.9 Å². The first-order valence-corrected chi connectivity index (χ1v) is 16.6. The molecule has 4 heterocycles. The van der Waals surface area contributed by atoms with Crippen LogP contribution in [0.2, 0.25) is 0 Å². The van der Waals surface area contributed by atoms with E-state index in [1.807, 2.05) is 13.8 Å². The lowest BCUT2D eigenvalue weighted by molar-refractivity contribution is -0.236. The van der Waals surface area contributed by atoms with Crippen molar-refractivity contribution in [2.24, 2.45) is 5.92 Å². The highest BCUT2D eigenvalue weighted by atomic mass is 31.2. The highest BCUT2D eigenvalue weighted by Gasteiger charge is 2.50. The van der Waals surface area contributed by atoms with E-state index in [2.05, 4.69) is 9.97 Å². The maximum absolute atomic E-state index is 16.0. The number of aromatic amines is 2. The SMILES string of the molecule is CO[C@@H]1[C@H](OP(=O)([O-])OC(C)C)[C@@H](CN(C)CC[C@H]2[C@@H](F)[C@H](n3ccc(=O)[nH]c3=O)O[C@@H]2COC(C)C)O[C@H]1n1ccc(=O)[nH]c1=O. The van der Waals surface area contributed by atoms with Crippen LogP contribution in [0.5, 0.6) is 0 Å². The smallest absolute Gasteiger partial charge is 0.330 e. The Labute approximate surface area is 269 Å². The first kappa shape index (κ1) is 37.0. The minimum atomic E-state index is -4.88. The molecule has 2 fully saturated rings. The standard InChI is InChI=1S/C28H43FN5O12P/c1-15(2)42-14-19-17(22(29)25(44-19)33-11-8-20(35)30-27(33)37)7-10-32(5)13-18-23(46-47(39,40)45-16(3)4)24(41-6)26(43-18)34-12-9-21(36)31-28(34)38/h8-9,11-12,15-19,22-26H,7,10,13-14H2,1-6H3,(H,39,40)(H,30,35,37)(H,31,36,38)/p-1/t17-,18-,19-,22-,23-,24-,25-,26-/m1/s1. The molecule has 0 aromatic carbocycles. The number of phosphoric acid groups is 1. The topological polar surface area (TPSA) is 208 Å². The number of nitrogens with one attached hydrogen (secondary N) is 2. The second-order valence-corrected chi connectivity index (χ2v) is 13.4. The fraction of sp³-hybridized carbons (Fsp3) is 0.714. The maximum atomic E-state index is 16.0. The lowest BCUT2D eigenvalue weighted by Crippen LogP contribution is -2.43. The third-order valence-electron chi connectivity index (χ3n) is 7.80. The Morgan fingerprint density at radius 1 is 0.957 bits per heavy atom. The Hall–Kier alpha value is -2.80. The highest BCUT2D eigenvalue weighted by Crippen LogP contribution is 2.46. The zero-order chi connectivity index (χ0) is 34.6. The summed E-state index contributed by atoms with van der Waals surface area (Å²) in [6.07, 6.45) is -6.51. The maximum Gasteiger partial charge on any atom is 0.330 e. The monoisotopic (exact) mass is 690 g/mol. The van der Waals surface area contributed by atoms with Gasteiger partial charge in [0.25, 0.3) is 18.9 Å². The summed E-state index contributed by atoms with van der Waals surface area (Å²) in [5, 5.41) is 0. The Bertz CT molecular complexity index is 1630. The van der Waals surface area contributed by atoms with Crippen molar-refractivity contribution in [3.05, 3.63) is 66.2 Å². The van der Waals surface area contributed by atoms with E-state index in [1.165, 1.54) is 33.4 Å². The van der Waals surface area contributed by atoms with E-state index in [-0.39, 0.29) is 32.2 Å². The number of alkyl halides is 1. The van der Waals surface area contributed by atoms with E-state index in [1.54, 1.807) is 11.9 Å². The largest absolute Gasteiger partial charge is 0.756 e. The highest BCUT2D eigenvalue weighted by molar-refractivity contribution is 7.45. The molecule has 9 atom stereocenters. The van der Waals surface area contributed by atoms with Gasteiger partial charge in [-0.3, -0.25) is 33.3 Å². The van der Waals surface area contributed by atoms with Gasteiger partial charge in [-0.2, -0.15) is 0 Å². The molecule has 1 unspecified atom stereocenters. The van der Waals surface area contributed by atoms with Crippen molar-refractivity contribution in [1.29, 1.82) is 0 Å². The predicted molar refractivity (Wildman–Crippen MR) is 162 cm³/mol. The summed E-state index contributed by atoms with van der Waals surface area (Å²) in [5.41, 5.74) is -2.87. The Morgan fingerprint density at radius 3 is 2.06 bits per heavy atom. The summed E-state index contributed by atoms with van der Waals surface area (Å²) in [7, 11) is -1.88. The molecule has 2 aromatic heterocycles. The Kier molecular flexibility index (Phi) is 12.3. The van der Waals surface area contributed by atoms with Gasteiger partial charge in [0.05, 0.1) is 24.9 Å². The molecule has 4 rings (SSSR count). The second kappa shape index (κ2) is 15.6. The molecular weight excluding hydrogens is 648 g/mol. The fourth-order valence-electron chi connectivity index (χ4n) is 5.70. The number of rotatable bonds is 15. The zero-order valence-electron chi connectivity index (χ0n) is 27.0. The van der Waals surface area contributed by atoms with Crippen LogP contribution in [0.4, 0.5) is 4.39 Å². The van der Waals surface area contributed by atoms with Gasteiger partial charge in [-0.1, -0.05) is 0 Å². The second-order valence-electron chi connectivity index (χ2n) is 12.1. The first-order chi connectivity index (χ1) is 22.1. The first-order valence-electron chi connectivity index (χ1n) is 15.2. The molecule has 47 heavy (non-hydrogen) atoms. The Morgan fingerprint density at radius 2 is 1.53 bits per heavy atom. The van der Waals surface area contributed by atoms with Gasteiger partial charge in [-0.15, -0.1) is 0 Å². The molecule has 264 valence electrons. The van der Waals surface area contributed by atoms with Crippen molar-refractivity contribution < 1.29 is 41.8 Å². The molecule has 0 saturated carbocycles. The molecule has 0 bridgehead atoms. The van der Waals surface area contributed by atoms with Crippen LogP contribution in [0.1, 0.15) is 46.6 Å². The van der Waals surface area contributed by atoms with E-state index >= 15 is 4.39 Å². The third kappa shape index (κ3) is 9.22. The lowest BCUT2D eigenvalue weighted by atomic mass is 9.95. The summed E-state index contributed by atoms with van der Waals surface area (Å²) in [4.78, 5) is 67.0. The van der Waals surface area contributed by atoms with E-state index < -0.39 is 85.4 Å². The molecular formula is C28H42FN5O12P-. The molecule has 0 radical (unpaired) electrons. The van der Waals surface area contributed by atoms with Crippen molar-refractivity contribution in [3.63, 3.8) is 0 Å². The van der Waals surface area contributed by atoms with Gasteiger partial charge >= 0.3 is 11.4 Å². The third-order valence-corrected chi connectivity index (χ3v) is 8.98. The number of nitrogens with zero attached hydrogens (tertiary/aromatic N) is 3. The fourth-order valence-corrected chi connectivity index (χ4v) is 6.82. The van der Waals surface area contributed by atoms with Crippen LogP contribution >= 0.6 is 7.82 Å². The van der Waals surface area contributed by atoms with E-state index in [9.17, 15) is 28.6 Å². The van der Waals surface area contributed by atoms with E-state index in [0.717, 1.165) is 21.3 Å². The molecule has 2 N–H and O–H groups in total. The van der Waals surface area contributed by atoms with Crippen LogP contribution in [0.3, 0.4) is 0 Å².